The highest BCUT2D eigenvalue weighted by Crippen LogP contribution is 2.36. The highest BCUT2D eigenvalue weighted by atomic mass is 35.5. The fourth-order valence-corrected chi connectivity index (χ4v) is 2.47. The lowest BCUT2D eigenvalue weighted by Gasteiger charge is -2.18. The first-order chi connectivity index (χ1) is 9.19. The number of nitrogens with zero attached hydrogens (tertiary/aromatic N) is 3. The van der Waals surface area contributed by atoms with Crippen LogP contribution < -0.4 is 10.2 Å². The second-order valence-corrected chi connectivity index (χ2v) is 4.61. The summed E-state index contributed by atoms with van der Waals surface area (Å²) in [6.45, 7) is 0.782. The average Bonchev–Trinajstić information content (AvgIpc) is 2.82. The van der Waals surface area contributed by atoms with Crippen LogP contribution in [-0.2, 0) is 6.42 Å². The molecule has 0 fully saturated rings. The zero-order valence-corrected chi connectivity index (χ0v) is 11.1. The van der Waals surface area contributed by atoms with E-state index in [1.165, 1.54) is 12.1 Å². The number of hydrogen-bond acceptors (Lipinski definition) is 4. The Balaban J connectivity index is 2.06. The molecule has 2 heterocycles. The average molecular weight is 279 g/mol. The lowest BCUT2D eigenvalue weighted by atomic mass is 10.2. The zero-order valence-electron chi connectivity index (χ0n) is 10.3. The van der Waals surface area contributed by atoms with Crippen molar-refractivity contribution in [1.29, 1.82) is 0 Å². The number of rotatable bonds is 2. The Labute approximate surface area is 115 Å². The molecule has 2 aromatic rings. The molecule has 0 unspecified atom stereocenters. The lowest BCUT2D eigenvalue weighted by Crippen LogP contribution is -2.14. The first-order valence-corrected chi connectivity index (χ1v) is 6.34. The summed E-state index contributed by atoms with van der Waals surface area (Å²) in [5.41, 5.74) is 1.94. The van der Waals surface area contributed by atoms with E-state index >= 15 is 0 Å². The molecule has 0 saturated heterocycles. The predicted molar refractivity (Wildman–Crippen MR) is 73.7 cm³/mol. The Morgan fingerprint density at radius 3 is 2.68 bits per heavy atom. The molecule has 1 aliphatic heterocycles. The van der Waals surface area contributed by atoms with Crippen LogP contribution in [0.5, 0.6) is 0 Å². The van der Waals surface area contributed by atoms with Crippen LogP contribution in [0.1, 0.15) is 5.56 Å². The third-order valence-electron chi connectivity index (χ3n) is 3.17. The number of halogens is 2. The molecule has 0 aliphatic carbocycles. The SMILES string of the molecule is CNc1nc(Cl)nc2c1CCN2c1ccc(F)cc1. The Morgan fingerprint density at radius 1 is 1.26 bits per heavy atom. The van der Waals surface area contributed by atoms with Crippen molar-refractivity contribution in [2.75, 3.05) is 23.8 Å². The Kier molecular flexibility index (Phi) is 2.98. The van der Waals surface area contributed by atoms with Gasteiger partial charge < -0.3 is 10.2 Å². The van der Waals surface area contributed by atoms with Crippen LogP contribution >= 0.6 is 11.6 Å². The minimum absolute atomic E-state index is 0.206. The van der Waals surface area contributed by atoms with E-state index in [9.17, 15) is 4.39 Å². The van der Waals surface area contributed by atoms with Gasteiger partial charge in [0.05, 0.1) is 0 Å². The van der Waals surface area contributed by atoms with Crippen molar-refractivity contribution < 1.29 is 4.39 Å². The molecule has 4 nitrogen and oxygen atoms in total. The van der Waals surface area contributed by atoms with E-state index in [2.05, 4.69) is 15.3 Å². The molecule has 0 saturated carbocycles. The quantitative estimate of drug-likeness (QED) is 0.858. The third-order valence-corrected chi connectivity index (χ3v) is 3.34. The van der Waals surface area contributed by atoms with E-state index in [1.54, 1.807) is 19.2 Å². The number of fused-ring (bicyclic) bond motifs is 1. The normalized spacial score (nSPS) is 13.5. The van der Waals surface area contributed by atoms with Gasteiger partial charge >= 0.3 is 0 Å². The molecule has 98 valence electrons. The number of nitrogens with one attached hydrogen (secondary N) is 1. The van der Waals surface area contributed by atoms with Crippen LogP contribution in [0.3, 0.4) is 0 Å². The van der Waals surface area contributed by atoms with E-state index in [-0.39, 0.29) is 11.1 Å². The molecule has 0 amide bonds. The molecular weight excluding hydrogens is 267 g/mol. The van der Waals surface area contributed by atoms with Crippen molar-refractivity contribution in [3.63, 3.8) is 0 Å². The summed E-state index contributed by atoms with van der Waals surface area (Å²) in [6.07, 6.45) is 0.833. The molecule has 19 heavy (non-hydrogen) atoms. The van der Waals surface area contributed by atoms with Gasteiger partial charge in [-0.1, -0.05) is 0 Å². The van der Waals surface area contributed by atoms with Crippen LogP contribution in [0.4, 0.5) is 21.7 Å². The number of benzene rings is 1. The Bertz CT molecular complexity index is 615. The third kappa shape index (κ3) is 2.10. The molecule has 1 aromatic carbocycles. The van der Waals surface area contributed by atoms with Gasteiger partial charge in [-0.2, -0.15) is 4.98 Å². The molecule has 0 atom stereocenters. The number of anilines is 3. The summed E-state index contributed by atoms with van der Waals surface area (Å²) in [6, 6.07) is 6.35. The summed E-state index contributed by atoms with van der Waals surface area (Å²) in [5, 5.41) is 3.23. The van der Waals surface area contributed by atoms with E-state index < -0.39 is 0 Å². The van der Waals surface area contributed by atoms with Gasteiger partial charge in [0.15, 0.2) is 0 Å². The number of hydrogen-bond donors (Lipinski definition) is 1. The van der Waals surface area contributed by atoms with Crippen LogP contribution in [-0.4, -0.2) is 23.6 Å². The molecule has 0 radical (unpaired) electrons. The van der Waals surface area contributed by atoms with Gasteiger partial charge in [0.25, 0.3) is 0 Å². The fourth-order valence-electron chi connectivity index (χ4n) is 2.31. The van der Waals surface area contributed by atoms with E-state index in [1.807, 2.05) is 4.90 Å². The first kappa shape index (κ1) is 12.2. The van der Waals surface area contributed by atoms with Crippen molar-refractivity contribution in [2.24, 2.45) is 0 Å². The molecule has 1 aliphatic rings. The van der Waals surface area contributed by atoms with Crippen LogP contribution in [0.2, 0.25) is 5.28 Å². The molecular formula is C13H12ClFN4. The minimum Gasteiger partial charge on any atom is -0.373 e. The summed E-state index contributed by atoms with van der Waals surface area (Å²) >= 11 is 5.94. The van der Waals surface area contributed by atoms with Gasteiger partial charge in [-0.15, -0.1) is 0 Å². The van der Waals surface area contributed by atoms with Crippen LogP contribution in [0.15, 0.2) is 24.3 Å². The second kappa shape index (κ2) is 4.66. The Hall–Kier alpha value is -1.88. The summed E-state index contributed by atoms with van der Waals surface area (Å²) in [7, 11) is 1.81. The van der Waals surface area contributed by atoms with Gasteiger partial charge in [0.2, 0.25) is 5.28 Å². The standard InChI is InChI=1S/C13H12ClFN4/c1-16-11-10-6-7-19(12(10)18-13(14)17-11)9-4-2-8(15)3-5-9/h2-5H,6-7H2,1H3,(H,16,17,18). The van der Waals surface area contributed by atoms with Gasteiger partial charge in [-0.25, -0.2) is 9.37 Å². The van der Waals surface area contributed by atoms with Crippen molar-refractivity contribution in [1.82, 2.24) is 9.97 Å². The highest BCUT2D eigenvalue weighted by molar-refractivity contribution is 6.28. The molecule has 3 rings (SSSR count). The van der Waals surface area contributed by atoms with Crippen LogP contribution in [0.25, 0.3) is 0 Å². The van der Waals surface area contributed by atoms with Gasteiger partial charge in [-0.3, -0.25) is 0 Å². The van der Waals surface area contributed by atoms with Gasteiger partial charge in [0.1, 0.15) is 17.5 Å². The highest BCUT2D eigenvalue weighted by Gasteiger charge is 2.26. The van der Waals surface area contributed by atoms with Gasteiger partial charge in [0, 0.05) is 24.8 Å². The smallest absolute Gasteiger partial charge is 0.226 e. The lowest BCUT2D eigenvalue weighted by molar-refractivity contribution is 0.628. The van der Waals surface area contributed by atoms with Gasteiger partial charge in [-0.05, 0) is 42.3 Å². The summed E-state index contributed by atoms with van der Waals surface area (Å²) in [5.74, 6) is 1.29. The maximum atomic E-state index is 13.0. The van der Waals surface area contributed by atoms with E-state index in [0.717, 1.165) is 35.9 Å². The van der Waals surface area contributed by atoms with Crippen molar-refractivity contribution in [3.05, 3.63) is 40.9 Å². The molecule has 6 heteroatoms. The van der Waals surface area contributed by atoms with E-state index in [4.69, 9.17) is 11.6 Å². The fraction of sp³-hybridized carbons (Fsp3) is 0.231. The summed E-state index contributed by atoms with van der Waals surface area (Å²) < 4.78 is 13.0. The zero-order chi connectivity index (χ0) is 13.4. The van der Waals surface area contributed by atoms with Crippen molar-refractivity contribution in [2.45, 2.75) is 6.42 Å². The van der Waals surface area contributed by atoms with E-state index in [0.29, 0.717) is 0 Å². The maximum absolute atomic E-state index is 13.0. The largest absolute Gasteiger partial charge is 0.373 e. The molecule has 1 aromatic heterocycles. The monoisotopic (exact) mass is 278 g/mol. The molecule has 0 spiro atoms. The number of aromatic nitrogens is 2. The van der Waals surface area contributed by atoms with Crippen molar-refractivity contribution in [3.8, 4) is 0 Å². The molecule has 0 bridgehead atoms. The van der Waals surface area contributed by atoms with Crippen LogP contribution in [0, 0.1) is 5.82 Å². The maximum Gasteiger partial charge on any atom is 0.226 e. The summed E-state index contributed by atoms with van der Waals surface area (Å²) in [4.78, 5) is 10.5. The Morgan fingerprint density at radius 2 is 2.00 bits per heavy atom. The second-order valence-electron chi connectivity index (χ2n) is 4.27. The molecule has 1 N–H and O–H groups in total. The van der Waals surface area contributed by atoms with Crippen molar-refractivity contribution >= 4 is 28.9 Å². The topological polar surface area (TPSA) is 41.1 Å². The minimum atomic E-state index is -0.250. The first-order valence-electron chi connectivity index (χ1n) is 5.96. The predicted octanol–water partition coefficient (Wildman–Crippen LogP) is 3.01.